The van der Waals surface area contributed by atoms with E-state index in [0.717, 1.165) is 24.8 Å². The molecule has 0 aromatic carbocycles. The average Bonchev–Trinajstić information content (AvgIpc) is 2.65. The lowest BCUT2D eigenvalue weighted by atomic mass is 9.84. The van der Waals surface area contributed by atoms with Gasteiger partial charge in [-0.1, -0.05) is 19.8 Å². The molecule has 5 unspecified atom stereocenters. The molecular formula is C14H23NO. The zero-order valence-corrected chi connectivity index (χ0v) is 10.5. The fourth-order valence-corrected chi connectivity index (χ4v) is 4.47. The van der Waals surface area contributed by atoms with Crippen LogP contribution < -0.4 is 0 Å². The first-order valence-electron chi connectivity index (χ1n) is 6.99. The molecule has 0 bridgehead atoms. The molecule has 0 amide bonds. The summed E-state index contributed by atoms with van der Waals surface area (Å²) in [6, 6.07) is 1.66. The largest absolute Gasteiger partial charge is 0.298 e. The summed E-state index contributed by atoms with van der Waals surface area (Å²) >= 11 is 0. The maximum Gasteiger partial charge on any atom is 0.152 e. The number of hydrogen-bond donors (Lipinski definition) is 0. The van der Waals surface area contributed by atoms with Crippen molar-refractivity contribution in [1.82, 2.24) is 4.90 Å². The van der Waals surface area contributed by atoms with E-state index in [0.29, 0.717) is 17.7 Å². The predicted molar refractivity (Wildman–Crippen MR) is 64.2 cm³/mol. The molecule has 1 saturated carbocycles. The molecule has 2 heteroatoms. The third kappa shape index (κ3) is 1.46. The monoisotopic (exact) mass is 221 g/mol. The molecule has 90 valence electrons. The molecule has 1 aliphatic carbocycles. The van der Waals surface area contributed by atoms with Gasteiger partial charge in [-0.15, -0.1) is 0 Å². The molecule has 3 fully saturated rings. The highest BCUT2D eigenvalue weighted by Crippen LogP contribution is 2.44. The van der Waals surface area contributed by atoms with E-state index in [1.165, 1.54) is 25.7 Å². The van der Waals surface area contributed by atoms with Gasteiger partial charge in [-0.2, -0.15) is 0 Å². The van der Waals surface area contributed by atoms with Gasteiger partial charge in [-0.3, -0.25) is 9.69 Å². The van der Waals surface area contributed by atoms with Crippen LogP contribution in [0.25, 0.3) is 0 Å². The quantitative estimate of drug-likeness (QED) is 0.626. The highest BCUT2D eigenvalue weighted by molar-refractivity contribution is 5.87. The summed E-state index contributed by atoms with van der Waals surface area (Å²) in [7, 11) is 0. The van der Waals surface area contributed by atoms with E-state index in [1.54, 1.807) is 0 Å². The SMILES string of the molecule is CC1CC(C)N2C(CC3CCCCC32)C1=O. The van der Waals surface area contributed by atoms with Crippen LogP contribution in [0.5, 0.6) is 0 Å². The van der Waals surface area contributed by atoms with Crippen LogP contribution in [0.1, 0.15) is 52.4 Å². The first kappa shape index (κ1) is 10.8. The summed E-state index contributed by atoms with van der Waals surface area (Å²) in [5, 5.41) is 0. The molecule has 16 heavy (non-hydrogen) atoms. The Balaban J connectivity index is 1.87. The molecule has 3 aliphatic rings. The van der Waals surface area contributed by atoms with Crippen molar-refractivity contribution in [3.8, 4) is 0 Å². The number of hydrogen-bond acceptors (Lipinski definition) is 2. The number of nitrogens with zero attached hydrogens (tertiary/aromatic N) is 1. The van der Waals surface area contributed by atoms with Crippen molar-refractivity contribution in [1.29, 1.82) is 0 Å². The van der Waals surface area contributed by atoms with Gasteiger partial charge in [0, 0.05) is 18.0 Å². The minimum absolute atomic E-state index is 0.284. The van der Waals surface area contributed by atoms with Gasteiger partial charge in [0.25, 0.3) is 0 Å². The molecule has 0 spiro atoms. The molecular weight excluding hydrogens is 198 g/mol. The molecule has 5 atom stereocenters. The van der Waals surface area contributed by atoms with Crippen LogP contribution in [0.4, 0.5) is 0 Å². The van der Waals surface area contributed by atoms with E-state index in [9.17, 15) is 4.79 Å². The molecule has 2 nitrogen and oxygen atoms in total. The van der Waals surface area contributed by atoms with Crippen molar-refractivity contribution in [2.75, 3.05) is 0 Å². The van der Waals surface area contributed by atoms with Gasteiger partial charge in [0.05, 0.1) is 6.04 Å². The Morgan fingerprint density at radius 1 is 1.12 bits per heavy atom. The highest BCUT2D eigenvalue weighted by Gasteiger charge is 2.50. The van der Waals surface area contributed by atoms with E-state index in [4.69, 9.17) is 0 Å². The third-order valence-corrected chi connectivity index (χ3v) is 5.16. The summed E-state index contributed by atoms with van der Waals surface area (Å²) in [6.45, 7) is 4.45. The van der Waals surface area contributed by atoms with Gasteiger partial charge in [-0.05, 0) is 38.5 Å². The van der Waals surface area contributed by atoms with Crippen LogP contribution >= 0.6 is 0 Å². The van der Waals surface area contributed by atoms with Gasteiger partial charge < -0.3 is 0 Å². The van der Waals surface area contributed by atoms with Gasteiger partial charge in [0.1, 0.15) is 0 Å². The number of ketones is 1. The summed E-state index contributed by atoms with van der Waals surface area (Å²) in [6.07, 6.45) is 7.72. The molecule has 3 rings (SSSR count). The topological polar surface area (TPSA) is 20.3 Å². The van der Waals surface area contributed by atoms with Gasteiger partial charge in [0.2, 0.25) is 0 Å². The van der Waals surface area contributed by atoms with Crippen LogP contribution in [0.2, 0.25) is 0 Å². The smallest absolute Gasteiger partial charge is 0.152 e. The van der Waals surface area contributed by atoms with E-state index in [2.05, 4.69) is 18.7 Å². The number of carbonyl (C=O) groups excluding carboxylic acids is 1. The summed E-state index contributed by atoms with van der Waals surface area (Å²) in [4.78, 5) is 14.8. The van der Waals surface area contributed by atoms with Crippen molar-refractivity contribution < 1.29 is 4.79 Å². The first-order chi connectivity index (χ1) is 7.68. The second-order valence-corrected chi connectivity index (χ2v) is 6.20. The van der Waals surface area contributed by atoms with Gasteiger partial charge in [0.15, 0.2) is 5.78 Å². The molecule has 2 saturated heterocycles. The Hall–Kier alpha value is -0.370. The Kier molecular flexibility index (Phi) is 2.58. The molecule has 0 radical (unpaired) electrons. The number of carbonyl (C=O) groups is 1. The average molecular weight is 221 g/mol. The van der Waals surface area contributed by atoms with Crippen molar-refractivity contribution in [2.45, 2.75) is 70.5 Å². The van der Waals surface area contributed by atoms with Crippen molar-refractivity contribution >= 4 is 5.78 Å². The Labute approximate surface area is 98.4 Å². The fourth-order valence-electron chi connectivity index (χ4n) is 4.47. The van der Waals surface area contributed by atoms with Crippen LogP contribution in [-0.4, -0.2) is 28.8 Å². The lowest BCUT2D eigenvalue weighted by Crippen LogP contribution is -2.53. The Morgan fingerprint density at radius 2 is 1.88 bits per heavy atom. The Morgan fingerprint density at radius 3 is 2.69 bits per heavy atom. The van der Waals surface area contributed by atoms with Crippen LogP contribution in [0.3, 0.4) is 0 Å². The maximum absolute atomic E-state index is 12.3. The third-order valence-electron chi connectivity index (χ3n) is 5.16. The van der Waals surface area contributed by atoms with E-state index < -0.39 is 0 Å². The molecule has 0 aromatic heterocycles. The molecule has 2 heterocycles. The normalized spacial score (nSPS) is 48.9. The lowest BCUT2D eigenvalue weighted by molar-refractivity contribution is -0.132. The van der Waals surface area contributed by atoms with Crippen molar-refractivity contribution in [3.05, 3.63) is 0 Å². The Bertz CT molecular complexity index is 301. The van der Waals surface area contributed by atoms with Crippen molar-refractivity contribution in [3.63, 3.8) is 0 Å². The second-order valence-electron chi connectivity index (χ2n) is 6.20. The lowest BCUT2D eigenvalue weighted by Gasteiger charge is -2.42. The molecule has 2 aliphatic heterocycles. The number of piperidine rings is 1. The number of rotatable bonds is 0. The van der Waals surface area contributed by atoms with Gasteiger partial charge >= 0.3 is 0 Å². The van der Waals surface area contributed by atoms with Gasteiger partial charge in [-0.25, -0.2) is 0 Å². The molecule has 0 aromatic rings. The van der Waals surface area contributed by atoms with Crippen LogP contribution in [0.15, 0.2) is 0 Å². The van der Waals surface area contributed by atoms with Crippen LogP contribution in [0, 0.1) is 11.8 Å². The van der Waals surface area contributed by atoms with E-state index in [1.807, 2.05) is 0 Å². The summed E-state index contributed by atoms with van der Waals surface area (Å²) in [5.41, 5.74) is 0. The maximum atomic E-state index is 12.3. The standard InChI is InChI=1S/C14H23NO/c1-9-7-10(2)15-12-6-4-3-5-11(12)8-13(15)14(9)16/h9-13H,3-8H2,1-2H3. The zero-order valence-electron chi connectivity index (χ0n) is 10.5. The summed E-state index contributed by atoms with van der Waals surface area (Å²) in [5.74, 6) is 1.67. The summed E-state index contributed by atoms with van der Waals surface area (Å²) < 4.78 is 0. The molecule has 0 N–H and O–H groups in total. The predicted octanol–water partition coefficient (Wildman–Crippen LogP) is 2.62. The van der Waals surface area contributed by atoms with Crippen LogP contribution in [-0.2, 0) is 4.79 Å². The number of Topliss-reactive ketones (excluding diaryl/α,β-unsaturated/α-hetero) is 1. The fraction of sp³-hybridized carbons (Fsp3) is 0.929. The minimum Gasteiger partial charge on any atom is -0.298 e. The van der Waals surface area contributed by atoms with Crippen molar-refractivity contribution in [2.24, 2.45) is 11.8 Å². The second kappa shape index (κ2) is 3.83. The highest BCUT2D eigenvalue weighted by atomic mass is 16.1. The van der Waals surface area contributed by atoms with E-state index in [-0.39, 0.29) is 6.04 Å². The minimum atomic E-state index is 0.284. The first-order valence-corrected chi connectivity index (χ1v) is 6.99. The zero-order chi connectivity index (χ0) is 11.3. The van der Waals surface area contributed by atoms with E-state index >= 15 is 0 Å². The number of fused-ring (bicyclic) bond motifs is 3.